The van der Waals surface area contributed by atoms with Crippen molar-refractivity contribution < 1.29 is 14.7 Å². The maximum Gasteiger partial charge on any atom is 0.326 e. The average Bonchev–Trinajstić information content (AvgIpc) is 2.09. The van der Waals surface area contributed by atoms with E-state index in [4.69, 9.17) is 16.6 Å². The van der Waals surface area contributed by atoms with Gasteiger partial charge in [0.2, 0.25) is 6.41 Å². The van der Waals surface area contributed by atoms with Crippen molar-refractivity contribution in [3.05, 3.63) is 0 Å². The molecule has 0 aromatic rings. The van der Waals surface area contributed by atoms with Gasteiger partial charge in [-0.25, -0.2) is 4.79 Å². The van der Waals surface area contributed by atoms with E-state index in [1.165, 1.54) is 0 Å². The van der Waals surface area contributed by atoms with Crippen molar-refractivity contribution >= 4 is 18.3 Å². The minimum Gasteiger partial charge on any atom is -0.480 e. The maximum absolute atomic E-state index is 10.5. The van der Waals surface area contributed by atoms with Gasteiger partial charge in [-0.2, -0.15) is 0 Å². The van der Waals surface area contributed by atoms with Crippen LogP contribution >= 0.6 is 0 Å². The Morgan fingerprint density at radius 2 is 2.21 bits per heavy atom. The Kier molecular flexibility index (Phi) is 5.84. The Hall–Kier alpha value is -1.79. The molecule has 0 aliphatic heterocycles. The van der Waals surface area contributed by atoms with Crippen molar-refractivity contribution in [3.8, 4) is 0 Å². The molecule has 0 aromatic carbocycles. The van der Waals surface area contributed by atoms with Crippen LogP contribution in [0.15, 0.2) is 4.99 Å². The van der Waals surface area contributed by atoms with Crippen molar-refractivity contribution in [2.24, 2.45) is 16.5 Å². The highest BCUT2D eigenvalue weighted by atomic mass is 16.4. The molecule has 0 fully saturated rings. The maximum atomic E-state index is 10.5. The molecule has 1 amide bonds. The number of hydrogen-bond acceptors (Lipinski definition) is 3. The highest BCUT2D eigenvalue weighted by Crippen LogP contribution is 1.97. The van der Waals surface area contributed by atoms with Gasteiger partial charge in [0.25, 0.3) is 0 Å². The number of aliphatic imine (C=N–C) groups is 1. The highest BCUT2D eigenvalue weighted by molar-refractivity contribution is 5.76. The van der Waals surface area contributed by atoms with E-state index in [-0.39, 0.29) is 5.96 Å². The van der Waals surface area contributed by atoms with Gasteiger partial charge in [0.15, 0.2) is 5.96 Å². The van der Waals surface area contributed by atoms with Crippen molar-refractivity contribution in [2.45, 2.75) is 18.9 Å². The number of carbonyl (C=O) groups excluding carboxylic acids is 1. The van der Waals surface area contributed by atoms with Crippen LogP contribution in [0.1, 0.15) is 12.8 Å². The summed E-state index contributed by atoms with van der Waals surface area (Å²) in [6.45, 7) is 0.354. The van der Waals surface area contributed by atoms with Crippen LogP contribution in [0.3, 0.4) is 0 Å². The summed E-state index contributed by atoms with van der Waals surface area (Å²) in [5, 5.41) is 10.8. The molecule has 0 saturated heterocycles. The van der Waals surface area contributed by atoms with Crippen molar-refractivity contribution in [1.82, 2.24) is 5.32 Å². The third-order valence-corrected chi connectivity index (χ3v) is 1.51. The fourth-order valence-corrected chi connectivity index (χ4v) is 0.864. The molecule has 0 aromatic heterocycles. The van der Waals surface area contributed by atoms with E-state index in [0.29, 0.717) is 25.8 Å². The van der Waals surface area contributed by atoms with Gasteiger partial charge in [0.1, 0.15) is 6.04 Å². The predicted molar refractivity (Wildman–Crippen MR) is 50.5 cm³/mol. The topological polar surface area (TPSA) is 131 Å². The number of nitrogens with zero attached hydrogens (tertiary/aromatic N) is 1. The van der Waals surface area contributed by atoms with E-state index in [1.807, 2.05) is 0 Å². The number of nitrogens with one attached hydrogen (secondary N) is 1. The fraction of sp³-hybridized carbons (Fsp3) is 0.571. The lowest BCUT2D eigenvalue weighted by molar-refractivity contribution is -0.140. The molecule has 0 heterocycles. The van der Waals surface area contributed by atoms with Gasteiger partial charge in [-0.3, -0.25) is 9.79 Å². The number of guanidine groups is 1. The van der Waals surface area contributed by atoms with Gasteiger partial charge in [-0.1, -0.05) is 0 Å². The molecule has 0 aliphatic rings. The molecule has 0 rings (SSSR count). The zero-order valence-electron chi connectivity index (χ0n) is 7.64. The normalized spacial score (nSPS) is 11.4. The summed E-state index contributed by atoms with van der Waals surface area (Å²) in [5.41, 5.74) is 10.1. The van der Waals surface area contributed by atoms with E-state index in [1.54, 1.807) is 0 Å². The van der Waals surface area contributed by atoms with Crippen LogP contribution < -0.4 is 16.8 Å². The van der Waals surface area contributed by atoms with Gasteiger partial charge in [0.05, 0.1) is 0 Å². The van der Waals surface area contributed by atoms with Crippen molar-refractivity contribution in [1.29, 1.82) is 0 Å². The first-order valence-electron chi connectivity index (χ1n) is 4.05. The number of nitrogens with two attached hydrogens (primary N) is 2. The summed E-state index contributed by atoms with van der Waals surface area (Å²) in [5.74, 6) is -1.10. The molecule has 6 N–H and O–H groups in total. The second-order valence-corrected chi connectivity index (χ2v) is 2.62. The standard InChI is InChI=1S/C7H14N4O3/c8-7(9)10-3-1-2-5(6(13)14)11-4-12/h4-5H,1-3H2,(H,11,12)(H,13,14)(H4,8,9,10)/t5-/m1/s1. The number of carboxylic acid groups (broad SMARTS) is 1. The number of aliphatic carboxylic acids is 1. The number of hydrogen-bond donors (Lipinski definition) is 4. The lowest BCUT2D eigenvalue weighted by Gasteiger charge is -2.09. The van der Waals surface area contributed by atoms with Gasteiger partial charge < -0.3 is 21.9 Å². The largest absolute Gasteiger partial charge is 0.480 e. The summed E-state index contributed by atoms with van der Waals surface area (Å²) in [6.07, 6.45) is 1.15. The molecule has 0 spiro atoms. The minimum absolute atomic E-state index is 0.0276. The average molecular weight is 202 g/mol. The molecule has 0 unspecified atom stereocenters. The molecule has 0 bridgehead atoms. The number of rotatable bonds is 7. The third-order valence-electron chi connectivity index (χ3n) is 1.51. The Morgan fingerprint density at radius 1 is 1.57 bits per heavy atom. The molecular formula is C7H14N4O3. The quantitative estimate of drug-likeness (QED) is 0.168. The summed E-state index contributed by atoms with van der Waals surface area (Å²) >= 11 is 0. The Labute approximate surface area is 81.2 Å². The molecule has 0 radical (unpaired) electrons. The third kappa shape index (κ3) is 5.81. The Bertz CT molecular complexity index is 225. The van der Waals surface area contributed by atoms with Crippen LogP contribution in [0.2, 0.25) is 0 Å². The lowest BCUT2D eigenvalue weighted by Crippen LogP contribution is -2.35. The molecule has 0 saturated carbocycles. The summed E-state index contributed by atoms with van der Waals surface area (Å²) in [7, 11) is 0. The zero-order valence-corrected chi connectivity index (χ0v) is 7.64. The molecule has 80 valence electrons. The van der Waals surface area contributed by atoms with Crippen LogP contribution in [0.25, 0.3) is 0 Å². The molecule has 7 heteroatoms. The van der Waals surface area contributed by atoms with E-state index in [2.05, 4.69) is 10.3 Å². The Balaban J connectivity index is 3.77. The van der Waals surface area contributed by atoms with E-state index >= 15 is 0 Å². The summed E-state index contributed by atoms with van der Waals surface area (Å²) in [4.78, 5) is 24.2. The summed E-state index contributed by atoms with van der Waals surface area (Å²) < 4.78 is 0. The molecule has 1 atom stereocenters. The highest BCUT2D eigenvalue weighted by Gasteiger charge is 2.14. The van der Waals surface area contributed by atoms with Gasteiger partial charge in [-0.05, 0) is 12.8 Å². The van der Waals surface area contributed by atoms with Gasteiger partial charge in [0, 0.05) is 6.54 Å². The first kappa shape index (κ1) is 12.2. The van der Waals surface area contributed by atoms with Crippen molar-refractivity contribution in [2.75, 3.05) is 6.54 Å². The second-order valence-electron chi connectivity index (χ2n) is 2.62. The lowest BCUT2D eigenvalue weighted by atomic mass is 10.1. The molecule has 7 nitrogen and oxygen atoms in total. The second kappa shape index (κ2) is 6.70. The first-order valence-corrected chi connectivity index (χ1v) is 4.05. The smallest absolute Gasteiger partial charge is 0.326 e. The van der Waals surface area contributed by atoms with Gasteiger partial charge >= 0.3 is 5.97 Å². The molecular weight excluding hydrogens is 188 g/mol. The SMILES string of the molecule is NC(N)=NCCC[C@@H](NC=O)C(=O)O. The zero-order chi connectivity index (χ0) is 11.0. The molecule has 14 heavy (non-hydrogen) atoms. The molecule has 0 aliphatic carbocycles. The number of amides is 1. The minimum atomic E-state index is -1.07. The predicted octanol–water partition coefficient (Wildman–Crippen LogP) is -1.76. The number of carboxylic acids is 1. The van der Waals surface area contributed by atoms with E-state index in [9.17, 15) is 9.59 Å². The number of carbonyl (C=O) groups is 2. The van der Waals surface area contributed by atoms with Crippen LogP contribution in [0.5, 0.6) is 0 Å². The van der Waals surface area contributed by atoms with Crippen LogP contribution in [-0.2, 0) is 9.59 Å². The van der Waals surface area contributed by atoms with Gasteiger partial charge in [-0.15, -0.1) is 0 Å². The monoisotopic (exact) mass is 202 g/mol. The van der Waals surface area contributed by atoms with Crippen molar-refractivity contribution in [3.63, 3.8) is 0 Å². The van der Waals surface area contributed by atoms with E-state index in [0.717, 1.165) is 0 Å². The fourth-order valence-electron chi connectivity index (χ4n) is 0.864. The first-order chi connectivity index (χ1) is 6.57. The van der Waals surface area contributed by atoms with E-state index < -0.39 is 12.0 Å². The van der Waals surface area contributed by atoms with Crippen LogP contribution in [0.4, 0.5) is 0 Å². The van der Waals surface area contributed by atoms with Crippen LogP contribution in [-0.4, -0.2) is 36.0 Å². The Morgan fingerprint density at radius 3 is 2.64 bits per heavy atom. The summed E-state index contributed by atoms with van der Waals surface area (Å²) in [6, 6.07) is -0.873. The van der Waals surface area contributed by atoms with Crippen LogP contribution in [0, 0.1) is 0 Å².